The summed E-state index contributed by atoms with van der Waals surface area (Å²) in [6, 6.07) is 5.76. The van der Waals surface area contributed by atoms with Crippen LogP contribution in [0, 0.1) is 24.2 Å². The van der Waals surface area contributed by atoms with Crippen LogP contribution in [0.3, 0.4) is 0 Å². The molecular weight excluding hydrogens is 294 g/mol. The minimum atomic E-state index is -0.560. The first-order valence-electron chi connectivity index (χ1n) is 7.24. The largest absolute Gasteiger partial charge is 0.309 e. The minimum Gasteiger partial charge on any atom is -0.309 e. The van der Waals surface area contributed by atoms with Crippen molar-refractivity contribution in [3.05, 3.63) is 36.7 Å². The van der Waals surface area contributed by atoms with Crippen LogP contribution in [0.1, 0.15) is 12.2 Å². The molecule has 4 rings (SSSR count). The Balaban J connectivity index is 1.81. The summed E-state index contributed by atoms with van der Waals surface area (Å²) < 4.78 is 3.37. The van der Waals surface area contributed by atoms with Crippen molar-refractivity contribution in [1.82, 2.24) is 24.4 Å². The molecule has 8 nitrogen and oxygen atoms in total. The van der Waals surface area contributed by atoms with Crippen molar-refractivity contribution in [3.8, 4) is 11.8 Å². The lowest BCUT2D eigenvalue weighted by Gasteiger charge is -2.16. The highest BCUT2D eigenvalue weighted by atomic mass is 16.2. The zero-order chi connectivity index (χ0) is 16.0. The third-order valence-electron chi connectivity index (χ3n) is 3.99. The number of amides is 1. The lowest BCUT2D eigenvalue weighted by atomic mass is 10.1. The predicted molar refractivity (Wildman–Crippen MR) is 80.9 cm³/mol. The normalized spacial score (nSPS) is 17.8. The second-order valence-corrected chi connectivity index (χ2v) is 5.44. The number of fused-ring (bicyclic) bond motifs is 1. The summed E-state index contributed by atoms with van der Waals surface area (Å²) in [5.41, 5.74) is 2.36. The van der Waals surface area contributed by atoms with Gasteiger partial charge in [0, 0.05) is 12.7 Å². The highest BCUT2D eigenvalue weighted by Crippen LogP contribution is 2.29. The van der Waals surface area contributed by atoms with E-state index in [9.17, 15) is 4.79 Å². The van der Waals surface area contributed by atoms with Crippen LogP contribution in [-0.2, 0) is 4.79 Å². The average molecular weight is 307 g/mol. The molecule has 0 aliphatic carbocycles. The Morgan fingerprint density at radius 1 is 1.43 bits per heavy atom. The Kier molecular flexibility index (Phi) is 2.87. The van der Waals surface area contributed by atoms with E-state index in [1.165, 1.54) is 0 Å². The van der Waals surface area contributed by atoms with Crippen LogP contribution < -0.4 is 4.90 Å². The number of hydrogen-bond donors (Lipinski definition) is 0. The van der Waals surface area contributed by atoms with Crippen LogP contribution in [0.15, 0.2) is 30.9 Å². The SMILES string of the molecule is Cc1ncn(-c2cc3c(N4CCC(C#N)C4=O)ccnn3c2)n1. The van der Waals surface area contributed by atoms with E-state index in [4.69, 9.17) is 5.26 Å². The Morgan fingerprint density at radius 2 is 2.30 bits per heavy atom. The summed E-state index contributed by atoms with van der Waals surface area (Å²) in [7, 11) is 0. The fourth-order valence-electron chi connectivity index (χ4n) is 2.85. The van der Waals surface area contributed by atoms with E-state index in [0.29, 0.717) is 18.8 Å². The maximum Gasteiger partial charge on any atom is 0.244 e. The van der Waals surface area contributed by atoms with Crippen molar-refractivity contribution in [2.75, 3.05) is 11.4 Å². The van der Waals surface area contributed by atoms with Gasteiger partial charge < -0.3 is 4.90 Å². The smallest absolute Gasteiger partial charge is 0.244 e. The number of carbonyl (C=O) groups excluding carboxylic acids is 1. The second kappa shape index (κ2) is 4.91. The van der Waals surface area contributed by atoms with Crippen LogP contribution in [-0.4, -0.2) is 36.8 Å². The minimum absolute atomic E-state index is 0.153. The zero-order valence-corrected chi connectivity index (χ0v) is 12.4. The van der Waals surface area contributed by atoms with Crippen LogP contribution in [0.5, 0.6) is 0 Å². The summed E-state index contributed by atoms with van der Waals surface area (Å²) in [6.45, 7) is 2.36. The van der Waals surface area contributed by atoms with E-state index >= 15 is 0 Å². The van der Waals surface area contributed by atoms with Crippen molar-refractivity contribution in [3.63, 3.8) is 0 Å². The molecule has 0 bridgehead atoms. The number of hydrogen-bond acceptors (Lipinski definition) is 5. The van der Waals surface area contributed by atoms with Gasteiger partial charge in [-0.15, -0.1) is 0 Å². The molecule has 0 saturated carbocycles. The number of nitrogens with zero attached hydrogens (tertiary/aromatic N) is 7. The topological polar surface area (TPSA) is 92.1 Å². The van der Waals surface area contributed by atoms with E-state index in [-0.39, 0.29) is 5.91 Å². The molecule has 1 unspecified atom stereocenters. The number of rotatable bonds is 2. The van der Waals surface area contributed by atoms with Gasteiger partial charge in [0.15, 0.2) is 0 Å². The monoisotopic (exact) mass is 307 g/mol. The lowest BCUT2D eigenvalue weighted by Crippen LogP contribution is -2.27. The van der Waals surface area contributed by atoms with Gasteiger partial charge in [0.05, 0.1) is 29.2 Å². The molecule has 23 heavy (non-hydrogen) atoms. The van der Waals surface area contributed by atoms with Gasteiger partial charge in [0.25, 0.3) is 0 Å². The molecule has 0 spiro atoms. The van der Waals surface area contributed by atoms with Gasteiger partial charge in [-0.2, -0.15) is 15.5 Å². The molecule has 8 heteroatoms. The molecule has 3 aromatic rings. The Labute approximate surface area is 131 Å². The van der Waals surface area contributed by atoms with Crippen molar-refractivity contribution in [2.45, 2.75) is 13.3 Å². The van der Waals surface area contributed by atoms with Gasteiger partial charge >= 0.3 is 0 Å². The number of nitriles is 1. The number of carbonyl (C=O) groups is 1. The van der Waals surface area contributed by atoms with Crippen molar-refractivity contribution < 1.29 is 4.79 Å². The van der Waals surface area contributed by atoms with Gasteiger partial charge in [-0.25, -0.2) is 14.2 Å². The Bertz CT molecular complexity index is 948. The Morgan fingerprint density at radius 3 is 3.00 bits per heavy atom. The first-order valence-corrected chi connectivity index (χ1v) is 7.24. The van der Waals surface area contributed by atoms with E-state index in [2.05, 4.69) is 21.3 Å². The van der Waals surface area contributed by atoms with E-state index in [1.54, 1.807) is 32.7 Å². The highest BCUT2D eigenvalue weighted by molar-refractivity contribution is 6.02. The Hall–Kier alpha value is -3.21. The summed E-state index contributed by atoms with van der Waals surface area (Å²) in [6.07, 6.45) is 5.66. The maximum absolute atomic E-state index is 12.3. The number of aryl methyl sites for hydroxylation is 1. The molecule has 1 saturated heterocycles. The molecule has 0 radical (unpaired) electrons. The average Bonchev–Trinajstić information content (AvgIpc) is 3.24. The van der Waals surface area contributed by atoms with Crippen molar-refractivity contribution >= 4 is 17.1 Å². The van der Waals surface area contributed by atoms with Crippen LogP contribution in [0.25, 0.3) is 11.2 Å². The lowest BCUT2D eigenvalue weighted by molar-refractivity contribution is -0.118. The molecule has 3 aromatic heterocycles. The van der Waals surface area contributed by atoms with Gasteiger partial charge in [0.1, 0.15) is 18.1 Å². The third kappa shape index (κ3) is 2.05. The summed E-state index contributed by atoms with van der Waals surface area (Å²) in [5, 5.41) is 17.6. The van der Waals surface area contributed by atoms with Crippen LogP contribution >= 0.6 is 0 Å². The molecule has 1 atom stereocenters. The zero-order valence-electron chi connectivity index (χ0n) is 12.4. The van der Waals surface area contributed by atoms with Crippen molar-refractivity contribution in [1.29, 1.82) is 5.26 Å². The quantitative estimate of drug-likeness (QED) is 0.707. The molecule has 4 heterocycles. The molecule has 1 aliphatic rings. The molecule has 1 fully saturated rings. The molecule has 1 aliphatic heterocycles. The summed E-state index contributed by atoms with van der Waals surface area (Å²) in [4.78, 5) is 18.1. The van der Waals surface area contributed by atoms with Crippen LogP contribution in [0.4, 0.5) is 5.69 Å². The molecule has 0 N–H and O–H groups in total. The highest BCUT2D eigenvalue weighted by Gasteiger charge is 2.33. The number of anilines is 1. The predicted octanol–water partition coefficient (Wildman–Crippen LogP) is 1.10. The van der Waals surface area contributed by atoms with Gasteiger partial charge in [-0.05, 0) is 25.5 Å². The third-order valence-corrected chi connectivity index (χ3v) is 3.99. The summed E-state index contributed by atoms with van der Waals surface area (Å²) in [5.74, 6) is -0.0319. The van der Waals surface area contributed by atoms with E-state index in [0.717, 1.165) is 16.9 Å². The van der Waals surface area contributed by atoms with E-state index < -0.39 is 5.92 Å². The fraction of sp³-hybridized carbons (Fsp3) is 0.267. The molecule has 0 aromatic carbocycles. The van der Waals surface area contributed by atoms with E-state index in [1.807, 2.05) is 19.2 Å². The standard InChI is InChI=1S/C15H13N7O/c1-10-17-9-22(19-10)12-6-14-13(2-4-18-21(14)8-12)20-5-3-11(7-16)15(20)23/h2,4,6,8-9,11H,3,5H2,1H3. The van der Waals surface area contributed by atoms with Crippen molar-refractivity contribution in [2.24, 2.45) is 5.92 Å². The van der Waals surface area contributed by atoms with Crippen LogP contribution in [0.2, 0.25) is 0 Å². The van der Waals surface area contributed by atoms with Gasteiger partial charge in [0.2, 0.25) is 5.91 Å². The number of aromatic nitrogens is 5. The molecular formula is C15H13N7O. The first kappa shape index (κ1) is 13.5. The molecule has 114 valence electrons. The summed E-state index contributed by atoms with van der Waals surface area (Å²) >= 11 is 0. The fourth-order valence-corrected chi connectivity index (χ4v) is 2.85. The van der Waals surface area contributed by atoms with Gasteiger partial charge in [-0.1, -0.05) is 0 Å². The maximum atomic E-state index is 12.3. The molecule has 1 amide bonds. The first-order chi connectivity index (χ1) is 11.2. The van der Waals surface area contributed by atoms with Gasteiger partial charge in [-0.3, -0.25) is 4.79 Å². The second-order valence-electron chi connectivity index (χ2n) is 5.44.